The summed E-state index contributed by atoms with van der Waals surface area (Å²) in [5.41, 5.74) is 0.886. The highest BCUT2D eigenvalue weighted by Crippen LogP contribution is 2.18. The van der Waals surface area contributed by atoms with Crippen LogP contribution in [0.3, 0.4) is 0 Å². The molecule has 0 radical (unpaired) electrons. The number of rotatable bonds is 4. The van der Waals surface area contributed by atoms with Crippen LogP contribution in [-0.4, -0.2) is 12.8 Å². The lowest BCUT2D eigenvalue weighted by Crippen LogP contribution is -2.26. The number of hydrogen-bond acceptors (Lipinski definition) is 3. The molecule has 0 saturated carbocycles. The molecule has 19 heavy (non-hydrogen) atoms. The summed E-state index contributed by atoms with van der Waals surface area (Å²) in [4.78, 5) is 11.5. The Kier molecular flexibility index (Phi) is 5.10. The molecule has 0 fully saturated rings. The fraction of sp³-hybridized carbons (Fsp3) is 0.467. The van der Waals surface area contributed by atoms with Gasteiger partial charge in [0.1, 0.15) is 12.8 Å². The van der Waals surface area contributed by atoms with Crippen LogP contribution >= 0.6 is 0 Å². The van der Waals surface area contributed by atoms with Crippen LogP contribution in [0.2, 0.25) is 0 Å². The summed E-state index contributed by atoms with van der Waals surface area (Å²) in [6.07, 6.45) is 3.79. The molecule has 0 aromatic carbocycles. The Morgan fingerprint density at radius 2 is 1.89 bits per heavy atom. The van der Waals surface area contributed by atoms with Crippen LogP contribution in [0.4, 0.5) is 4.79 Å². The molecule has 4 heteroatoms. The first kappa shape index (κ1) is 15.2. The summed E-state index contributed by atoms with van der Waals surface area (Å²) in [6.45, 7) is 10.3. The number of hydrogen-bond donors (Lipinski definition) is 0. The van der Waals surface area contributed by atoms with Crippen LogP contribution < -0.4 is 4.57 Å². The van der Waals surface area contributed by atoms with Gasteiger partial charge in [0.2, 0.25) is 0 Å². The zero-order chi connectivity index (χ0) is 14.5. The lowest BCUT2D eigenvalue weighted by Gasteiger charge is -2.17. The molecule has 1 heterocycles. The highest BCUT2D eigenvalue weighted by Gasteiger charge is 2.13. The van der Waals surface area contributed by atoms with Gasteiger partial charge in [0.05, 0.1) is 6.61 Å². The Labute approximate surface area is 114 Å². The van der Waals surface area contributed by atoms with E-state index in [1.165, 1.54) is 0 Å². The van der Waals surface area contributed by atoms with E-state index >= 15 is 0 Å². The Bertz CT molecular complexity index is 443. The van der Waals surface area contributed by atoms with E-state index in [0.717, 1.165) is 12.0 Å². The van der Waals surface area contributed by atoms with Crippen LogP contribution in [0.25, 0.3) is 5.76 Å². The fourth-order valence-electron chi connectivity index (χ4n) is 1.32. The molecular formula is C15H22NO3+. The Balaban J connectivity index is 2.40. The fourth-order valence-corrected chi connectivity index (χ4v) is 1.32. The van der Waals surface area contributed by atoms with E-state index in [0.29, 0.717) is 12.4 Å². The summed E-state index contributed by atoms with van der Waals surface area (Å²) in [6, 6.07) is 3.65. The first-order chi connectivity index (χ1) is 8.78. The largest absolute Gasteiger partial charge is 0.513 e. The highest BCUT2D eigenvalue weighted by molar-refractivity contribution is 5.71. The van der Waals surface area contributed by atoms with E-state index in [1.807, 2.05) is 36.1 Å². The molecular weight excluding hydrogens is 242 g/mol. The molecule has 0 aliphatic carbocycles. The second kappa shape index (κ2) is 6.36. The highest BCUT2D eigenvalue weighted by atomic mass is 16.7. The molecule has 0 spiro atoms. The van der Waals surface area contributed by atoms with Crippen molar-refractivity contribution < 1.29 is 18.8 Å². The second-order valence-electron chi connectivity index (χ2n) is 5.69. The number of nitrogens with zero attached hydrogens (tertiary/aromatic N) is 1. The zero-order valence-electron chi connectivity index (χ0n) is 12.1. The molecule has 0 saturated heterocycles. The lowest BCUT2D eigenvalue weighted by molar-refractivity contribution is -0.671. The van der Waals surface area contributed by atoms with Gasteiger partial charge >= 0.3 is 6.16 Å². The predicted octanol–water partition coefficient (Wildman–Crippen LogP) is 3.07. The standard InChI is InChI=1S/C15H22NO3/c1-12(13-6-9-16(5)10-7-13)19-14(17)18-11-8-15(2,3)4/h6-7,9-10H,1,8,11H2,2-5H3/q+1. The molecule has 0 unspecified atom stereocenters. The van der Waals surface area contributed by atoms with Gasteiger partial charge in [0, 0.05) is 17.7 Å². The molecule has 0 aliphatic heterocycles. The summed E-state index contributed by atoms with van der Waals surface area (Å²) >= 11 is 0. The Morgan fingerprint density at radius 3 is 2.42 bits per heavy atom. The minimum atomic E-state index is -0.706. The maximum Gasteiger partial charge on any atom is 0.513 e. The topological polar surface area (TPSA) is 39.4 Å². The summed E-state index contributed by atoms with van der Waals surface area (Å²) < 4.78 is 11.9. The first-order valence-electron chi connectivity index (χ1n) is 6.27. The molecule has 1 rings (SSSR count). The molecule has 104 valence electrons. The van der Waals surface area contributed by atoms with Crippen molar-refractivity contribution in [1.29, 1.82) is 0 Å². The van der Waals surface area contributed by atoms with E-state index < -0.39 is 6.16 Å². The number of pyridine rings is 1. The maximum absolute atomic E-state index is 11.5. The summed E-state index contributed by atoms with van der Waals surface area (Å²) in [5.74, 6) is 0.293. The summed E-state index contributed by atoms with van der Waals surface area (Å²) in [5, 5.41) is 0. The molecule has 0 N–H and O–H groups in total. The maximum atomic E-state index is 11.5. The van der Waals surface area contributed by atoms with Gasteiger partial charge < -0.3 is 9.47 Å². The van der Waals surface area contributed by atoms with E-state index in [9.17, 15) is 4.79 Å². The van der Waals surface area contributed by atoms with Gasteiger partial charge in [-0.1, -0.05) is 27.4 Å². The van der Waals surface area contributed by atoms with Gasteiger partial charge in [-0.05, 0) is 11.8 Å². The molecule has 0 aliphatic rings. The van der Waals surface area contributed by atoms with Crippen LogP contribution in [0.15, 0.2) is 31.1 Å². The molecule has 1 aromatic heterocycles. The summed E-state index contributed by atoms with van der Waals surface area (Å²) in [7, 11) is 1.91. The van der Waals surface area contributed by atoms with Crippen molar-refractivity contribution in [2.45, 2.75) is 27.2 Å². The van der Waals surface area contributed by atoms with Crippen LogP contribution in [0, 0.1) is 5.41 Å². The van der Waals surface area contributed by atoms with Gasteiger partial charge in [-0.2, -0.15) is 0 Å². The average Bonchev–Trinajstić information content (AvgIpc) is 2.27. The van der Waals surface area contributed by atoms with E-state index in [1.54, 1.807) is 0 Å². The third kappa shape index (κ3) is 6.04. The Morgan fingerprint density at radius 1 is 1.32 bits per heavy atom. The first-order valence-corrected chi connectivity index (χ1v) is 6.27. The van der Waals surface area contributed by atoms with E-state index in [2.05, 4.69) is 27.4 Å². The van der Waals surface area contributed by atoms with Crippen LogP contribution in [0.1, 0.15) is 32.8 Å². The van der Waals surface area contributed by atoms with Crippen molar-refractivity contribution in [2.24, 2.45) is 12.5 Å². The number of aromatic nitrogens is 1. The SMILES string of the molecule is C=C(OC(=O)OCCC(C)(C)C)c1cc[n+](C)cc1. The van der Waals surface area contributed by atoms with Crippen LogP contribution in [0.5, 0.6) is 0 Å². The quantitative estimate of drug-likeness (QED) is 0.476. The number of ether oxygens (including phenoxy) is 2. The van der Waals surface area contributed by atoms with Crippen molar-refractivity contribution in [3.05, 3.63) is 36.7 Å². The van der Waals surface area contributed by atoms with Crippen molar-refractivity contribution in [2.75, 3.05) is 6.61 Å². The van der Waals surface area contributed by atoms with Gasteiger partial charge in [-0.15, -0.1) is 0 Å². The Hall–Kier alpha value is -1.84. The minimum absolute atomic E-state index is 0.130. The van der Waals surface area contributed by atoms with Crippen LogP contribution in [-0.2, 0) is 16.5 Å². The minimum Gasteiger partial charge on any atom is -0.434 e. The smallest absolute Gasteiger partial charge is 0.434 e. The third-order valence-electron chi connectivity index (χ3n) is 2.58. The van der Waals surface area contributed by atoms with Crippen molar-refractivity contribution in [3.63, 3.8) is 0 Å². The third-order valence-corrected chi connectivity index (χ3v) is 2.58. The predicted molar refractivity (Wildman–Crippen MR) is 73.2 cm³/mol. The molecule has 4 nitrogen and oxygen atoms in total. The van der Waals surface area contributed by atoms with E-state index in [4.69, 9.17) is 9.47 Å². The number of aryl methyl sites for hydroxylation is 1. The average molecular weight is 264 g/mol. The molecule has 0 amide bonds. The van der Waals surface area contributed by atoms with Gasteiger partial charge in [0.15, 0.2) is 12.4 Å². The lowest BCUT2D eigenvalue weighted by atomic mass is 9.93. The van der Waals surface area contributed by atoms with Crippen molar-refractivity contribution >= 4 is 11.9 Å². The number of carbonyl (C=O) groups excluding carboxylic acids is 1. The zero-order valence-corrected chi connectivity index (χ0v) is 12.1. The monoisotopic (exact) mass is 264 g/mol. The number of carbonyl (C=O) groups is 1. The normalized spacial score (nSPS) is 10.9. The van der Waals surface area contributed by atoms with Gasteiger partial charge in [-0.25, -0.2) is 9.36 Å². The molecule has 1 aromatic rings. The van der Waals surface area contributed by atoms with Crippen molar-refractivity contribution in [3.8, 4) is 0 Å². The van der Waals surface area contributed by atoms with E-state index in [-0.39, 0.29) is 5.41 Å². The molecule has 0 bridgehead atoms. The van der Waals surface area contributed by atoms with Gasteiger partial charge in [-0.3, -0.25) is 0 Å². The van der Waals surface area contributed by atoms with Crippen molar-refractivity contribution in [1.82, 2.24) is 0 Å². The van der Waals surface area contributed by atoms with Gasteiger partial charge in [0.25, 0.3) is 0 Å². The second-order valence-corrected chi connectivity index (χ2v) is 5.69. The molecule has 0 atom stereocenters.